The smallest absolute Gasteiger partial charge is 0.224 e. The summed E-state index contributed by atoms with van der Waals surface area (Å²) in [6, 6.07) is 6.46. The fraction of sp³-hybridized carbons (Fsp3) is 0.529. The van der Waals surface area contributed by atoms with Crippen LogP contribution < -0.4 is 20.5 Å². The molecule has 0 unspecified atom stereocenters. The van der Waals surface area contributed by atoms with Crippen molar-refractivity contribution in [2.75, 3.05) is 91.6 Å². The zero-order chi connectivity index (χ0) is 36.4. The second-order valence-electron chi connectivity index (χ2n) is 11.3. The Morgan fingerprint density at radius 2 is 1.45 bits per heavy atom. The molecule has 280 valence electrons. The fourth-order valence-electron chi connectivity index (χ4n) is 5.04. The van der Waals surface area contributed by atoms with E-state index in [0.29, 0.717) is 120 Å². The number of carbonyl (C=O) groups is 2. The molecular formula is C34H44Cl2FN5O9. The summed E-state index contributed by atoms with van der Waals surface area (Å²) in [6.45, 7) is 4.99. The third-order valence-corrected chi connectivity index (χ3v) is 8.52. The van der Waals surface area contributed by atoms with E-state index in [-0.39, 0.29) is 40.6 Å². The van der Waals surface area contributed by atoms with Gasteiger partial charge in [0.2, 0.25) is 11.8 Å². The van der Waals surface area contributed by atoms with E-state index in [2.05, 4.69) is 15.3 Å². The minimum atomic E-state index is -0.695. The molecule has 2 amide bonds. The lowest BCUT2D eigenvalue weighted by Crippen LogP contribution is -2.42. The Bertz CT molecular complexity index is 1570. The number of carbonyl (C=O) groups excluding carboxylic acids is 2. The number of nitrogens with one attached hydrogen (secondary N) is 1. The molecule has 1 fully saturated rings. The van der Waals surface area contributed by atoms with Crippen LogP contribution in [0, 0.1) is 5.82 Å². The first-order valence-corrected chi connectivity index (χ1v) is 17.4. The average molecular weight is 757 g/mol. The molecule has 0 saturated carbocycles. The van der Waals surface area contributed by atoms with Crippen molar-refractivity contribution < 1.29 is 47.1 Å². The number of hydrogen-bond donors (Lipinski definition) is 2. The average Bonchev–Trinajstić information content (AvgIpc) is 3.13. The van der Waals surface area contributed by atoms with Gasteiger partial charge in [0.05, 0.1) is 101 Å². The maximum atomic E-state index is 14.8. The van der Waals surface area contributed by atoms with E-state index in [1.807, 2.05) is 4.90 Å². The lowest BCUT2D eigenvalue weighted by molar-refractivity contribution is -0.134. The Kier molecular flexibility index (Phi) is 17.1. The van der Waals surface area contributed by atoms with Gasteiger partial charge in [0.1, 0.15) is 18.2 Å². The van der Waals surface area contributed by atoms with Crippen LogP contribution in [0.1, 0.15) is 25.7 Å². The standard InChI is InChI=1S/C34H44Cl2FN5O9/c1-45-28-21-27-24(34(40-22-39-27)41-26-3-2-25(35)32(36)33(26)37)20-29(28)51-23-4-8-42(9-5-23)31(44)7-11-47-13-15-49-17-19-50-18-16-48-14-12-46-10-6-30(38)43/h2-3,20-23H,4-19H2,1H3,(H2,38,43)(H,39,40,41). The first kappa shape index (κ1) is 40.2. The van der Waals surface area contributed by atoms with Gasteiger partial charge in [-0.05, 0) is 18.2 Å². The van der Waals surface area contributed by atoms with Gasteiger partial charge in [-0.3, -0.25) is 9.59 Å². The van der Waals surface area contributed by atoms with Crippen LogP contribution in [-0.2, 0) is 33.3 Å². The number of aromatic nitrogens is 2. The van der Waals surface area contributed by atoms with Crippen molar-refractivity contribution in [3.8, 4) is 11.5 Å². The van der Waals surface area contributed by atoms with Gasteiger partial charge >= 0.3 is 0 Å². The molecule has 0 aliphatic carbocycles. The Balaban J connectivity index is 1.10. The number of amides is 2. The summed E-state index contributed by atoms with van der Waals surface area (Å²) < 4.78 is 53.8. The second kappa shape index (κ2) is 21.7. The maximum Gasteiger partial charge on any atom is 0.224 e. The summed E-state index contributed by atoms with van der Waals surface area (Å²) in [7, 11) is 1.54. The number of ether oxygens (including phenoxy) is 7. The van der Waals surface area contributed by atoms with Gasteiger partial charge in [0.25, 0.3) is 0 Å². The van der Waals surface area contributed by atoms with Crippen LogP contribution in [0.3, 0.4) is 0 Å². The molecule has 51 heavy (non-hydrogen) atoms. The molecule has 3 aromatic rings. The summed E-state index contributed by atoms with van der Waals surface area (Å²) in [5.41, 5.74) is 5.71. The number of piperidine rings is 1. The molecule has 0 atom stereocenters. The van der Waals surface area contributed by atoms with Gasteiger partial charge in [0, 0.05) is 43.8 Å². The molecule has 1 aliphatic rings. The third kappa shape index (κ3) is 13.2. The summed E-state index contributed by atoms with van der Waals surface area (Å²) in [4.78, 5) is 33.8. The fourth-order valence-corrected chi connectivity index (χ4v) is 5.35. The number of nitrogens with zero attached hydrogens (tertiary/aromatic N) is 3. The van der Waals surface area contributed by atoms with E-state index in [9.17, 15) is 14.0 Å². The molecule has 4 rings (SSSR count). The summed E-state index contributed by atoms with van der Waals surface area (Å²) >= 11 is 11.9. The van der Waals surface area contributed by atoms with Crippen molar-refractivity contribution in [3.05, 3.63) is 46.5 Å². The molecule has 0 spiro atoms. The molecule has 14 nitrogen and oxygen atoms in total. The van der Waals surface area contributed by atoms with E-state index in [0.717, 1.165) is 0 Å². The number of methoxy groups -OCH3 is 1. The highest BCUT2D eigenvalue weighted by Crippen LogP contribution is 2.37. The zero-order valence-electron chi connectivity index (χ0n) is 28.5. The topological polar surface area (TPSA) is 166 Å². The van der Waals surface area contributed by atoms with Crippen LogP contribution in [0.4, 0.5) is 15.9 Å². The molecule has 3 N–H and O–H groups in total. The number of primary amides is 1. The van der Waals surface area contributed by atoms with E-state index in [1.54, 1.807) is 19.2 Å². The molecule has 2 aromatic carbocycles. The van der Waals surface area contributed by atoms with Gasteiger partial charge in [0.15, 0.2) is 17.3 Å². The first-order chi connectivity index (χ1) is 24.8. The zero-order valence-corrected chi connectivity index (χ0v) is 30.0. The van der Waals surface area contributed by atoms with E-state index >= 15 is 0 Å². The van der Waals surface area contributed by atoms with Crippen LogP contribution in [0.25, 0.3) is 10.9 Å². The van der Waals surface area contributed by atoms with Crippen LogP contribution in [0.2, 0.25) is 10.0 Å². The first-order valence-electron chi connectivity index (χ1n) is 16.6. The molecular weight excluding hydrogens is 712 g/mol. The largest absolute Gasteiger partial charge is 0.493 e. The predicted molar refractivity (Wildman–Crippen MR) is 189 cm³/mol. The van der Waals surface area contributed by atoms with Crippen LogP contribution >= 0.6 is 23.2 Å². The van der Waals surface area contributed by atoms with Crippen molar-refractivity contribution in [2.24, 2.45) is 5.73 Å². The second-order valence-corrected chi connectivity index (χ2v) is 12.1. The van der Waals surface area contributed by atoms with E-state index in [1.165, 1.54) is 18.5 Å². The summed E-state index contributed by atoms with van der Waals surface area (Å²) in [5, 5.41) is 3.48. The number of rotatable bonds is 23. The Hall–Kier alpha value is -3.57. The number of likely N-dealkylation sites (tertiary alicyclic amines) is 1. The Morgan fingerprint density at radius 3 is 2.04 bits per heavy atom. The van der Waals surface area contributed by atoms with Gasteiger partial charge in [-0.1, -0.05) is 23.2 Å². The van der Waals surface area contributed by atoms with Crippen LogP contribution in [0.15, 0.2) is 30.6 Å². The van der Waals surface area contributed by atoms with Gasteiger partial charge in [-0.25, -0.2) is 14.4 Å². The summed E-state index contributed by atoms with van der Waals surface area (Å²) in [6.07, 6.45) is 2.95. The Morgan fingerprint density at radius 1 is 0.863 bits per heavy atom. The monoisotopic (exact) mass is 755 g/mol. The molecule has 1 aromatic heterocycles. The molecule has 1 saturated heterocycles. The Labute approximate surface area is 305 Å². The van der Waals surface area contributed by atoms with Crippen molar-refractivity contribution in [1.29, 1.82) is 0 Å². The van der Waals surface area contributed by atoms with Crippen molar-refractivity contribution in [2.45, 2.75) is 31.8 Å². The minimum Gasteiger partial charge on any atom is -0.493 e. The highest BCUT2D eigenvalue weighted by Gasteiger charge is 2.25. The predicted octanol–water partition coefficient (Wildman–Crippen LogP) is 4.55. The third-order valence-electron chi connectivity index (χ3n) is 7.74. The van der Waals surface area contributed by atoms with E-state index < -0.39 is 11.7 Å². The highest BCUT2D eigenvalue weighted by atomic mass is 35.5. The lowest BCUT2D eigenvalue weighted by atomic mass is 10.1. The highest BCUT2D eigenvalue weighted by molar-refractivity contribution is 6.42. The quantitative estimate of drug-likeness (QED) is 0.103. The van der Waals surface area contributed by atoms with Crippen molar-refractivity contribution >= 4 is 57.4 Å². The molecule has 17 heteroatoms. The maximum absolute atomic E-state index is 14.8. The van der Waals surface area contributed by atoms with Crippen LogP contribution in [-0.4, -0.2) is 119 Å². The normalized spacial score (nSPS) is 13.5. The molecule has 1 aliphatic heterocycles. The van der Waals surface area contributed by atoms with Gasteiger partial charge < -0.3 is 49.1 Å². The SMILES string of the molecule is COc1cc2ncnc(Nc3ccc(Cl)c(Cl)c3F)c2cc1OC1CCN(C(=O)CCOCCOCCOCCOCCOCCC(N)=O)CC1. The number of halogens is 3. The minimum absolute atomic E-state index is 0.0212. The van der Waals surface area contributed by atoms with Crippen molar-refractivity contribution in [3.63, 3.8) is 0 Å². The molecule has 0 radical (unpaired) electrons. The number of hydrogen-bond acceptors (Lipinski definition) is 12. The van der Waals surface area contributed by atoms with E-state index in [4.69, 9.17) is 62.1 Å². The number of benzene rings is 2. The number of anilines is 2. The van der Waals surface area contributed by atoms with Crippen LogP contribution in [0.5, 0.6) is 11.5 Å². The molecule has 2 heterocycles. The number of fused-ring (bicyclic) bond motifs is 1. The van der Waals surface area contributed by atoms with Gasteiger partial charge in [-0.15, -0.1) is 0 Å². The number of nitrogens with two attached hydrogens (primary N) is 1. The van der Waals surface area contributed by atoms with Gasteiger partial charge in [-0.2, -0.15) is 0 Å². The molecule has 0 bridgehead atoms. The lowest BCUT2D eigenvalue weighted by Gasteiger charge is -2.32. The van der Waals surface area contributed by atoms with Crippen molar-refractivity contribution in [1.82, 2.24) is 14.9 Å². The summed E-state index contributed by atoms with van der Waals surface area (Å²) in [5.74, 6) is 0.257.